The maximum Gasteiger partial charge on any atom is 0.417 e. The van der Waals surface area contributed by atoms with Crippen molar-refractivity contribution in [1.82, 2.24) is 4.90 Å². The molecule has 82 valence electrons. The van der Waals surface area contributed by atoms with Crippen LogP contribution in [0.4, 0.5) is 4.79 Å². The zero-order valence-electron chi connectivity index (χ0n) is 9.08. The van der Waals surface area contributed by atoms with Crippen LogP contribution in [0.1, 0.15) is 33.1 Å². The summed E-state index contributed by atoms with van der Waals surface area (Å²) in [5, 5.41) is 0. The molecule has 1 rings (SSSR count). The fourth-order valence-electron chi connectivity index (χ4n) is 1.53. The van der Waals surface area contributed by atoms with Gasteiger partial charge in [-0.3, -0.25) is 4.79 Å². The van der Waals surface area contributed by atoms with Crippen LogP contribution < -0.4 is 0 Å². The van der Waals surface area contributed by atoms with Gasteiger partial charge in [-0.2, -0.15) is 0 Å². The van der Waals surface area contributed by atoms with Crippen molar-refractivity contribution < 1.29 is 14.3 Å². The molecule has 0 aromatic heterocycles. The first-order valence-corrected chi connectivity index (χ1v) is 5.13. The van der Waals surface area contributed by atoms with Gasteiger partial charge in [0.05, 0.1) is 6.04 Å². The van der Waals surface area contributed by atoms with Crippen molar-refractivity contribution in [3.8, 4) is 11.8 Å². The molecule has 1 fully saturated rings. The predicted molar refractivity (Wildman–Crippen MR) is 55.0 cm³/mol. The largest absolute Gasteiger partial charge is 0.447 e. The van der Waals surface area contributed by atoms with Crippen LogP contribution in [0.5, 0.6) is 0 Å². The summed E-state index contributed by atoms with van der Waals surface area (Å²) in [7, 11) is 0. The Hall–Kier alpha value is -1.50. The third-order valence-corrected chi connectivity index (χ3v) is 2.30. The molecule has 0 unspecified atom stereocenters. The van der Waals surface area contributed by atoms with E-state index in [1.54, 1.807) is 6.92 Å². The number of carbonyl (C=O) groups excluding carboxylic acids is 2. The average molecular weight is 209 g/mol. The summed E-state index contributed by atoms with van der Waals surface area (Å²) < 4.78 is 4.84. The van der Waals surface area contributed by atoms with Gasteiger partial charge in [-0.15, -0.1) is 0 Å². The number of nitrogens with zero attached hydrogens (tertiary/aromatic N) is 1. The average Bonchev–Trinajstić information content (AvgIpc) is 2.57. The number of rotatable bonds is 3. The molecule has 1 aliphatic rings. The summed E-state index contributed by atoms with van der Waals surface area (Å²) >= 11 is 0. The highest BCUT2D eigenvalue weighted by atomic mass is 16.6. The Kier molecular flexibility index (Phi) is 4.17. The zero-order valence-corrected chi connectivity index (χ0v) is 9.08. The Bertz CT molecular complexity index is 314. The Morgan fingerprint density at radius 1 is 1.67 bits per heavy atom. The van der Waals surface area contributed by atoms with Gasteiger partial charge < -0.3 is 4.74 Å². The Labute approximate surface area is 89.6 Å². The lowest BCUT2D eigenvalue weighted by Crippen LogP contribution is -2.38. The number of hydrogen-bond donors (Lipinski definition) is 0. The van der Waals surface area contributed by atoms with Gasteiger partial charge in [-0.05, 0) is 19.3 Å². The number of hydrogen-bond acceptors (Lipinski definition) is 3. The van der Waals surface area contributed by atoms with Crippen molar-refractivity contribution in [2.75, 3.05) is 6.61 Å². The highest BCUT2D eigenvalue weighted by molar-refractivity contribution is 6.03. The van der Waals surface area contributed by atoms with Crippen LogP contribution in [0.2, 0.25) is 0 Å². The molecular weight excluding hydrogens is 194 g/mol. The van der Waals surface area contributed by atoms with E-state index in [1.165, 1.54) is 0 Å². The molecule has 0 aromatic carbocycles. The van der Waals surface area contributed by atoms with Gasteiger partial charge in [0.1, 0.15) is 6.61 Å². The van der Waals surface area contributed by atoms with E-state index in [-0.39, 0.29) is 6.04 Å². The lowest BCUT2D eigenvalue weighted by Gasteiger charge is -2.16. The van der Waals surface area contributed by atoms with Crippen LogP contribution in [0.15, 0.2) is 0 Å². The molecule has 0 N–H and O–H groups in total. The molecule has 0 aliphatic carbocycles. The molecule has 0 spiro atoms. The summed E-state index contributed by atoms with van der Waals surface area (Å²) in [5.74, 6) is 4.40. The minimum Gasteiger partial charge on any atom is -0.447 e. The first-order valence-electron chi connectivity index (χ1n) is 5.13. The van der Waals surface area contributed by atoms with E-state index in [0.29, 0.717) is 6.61 Å². The summed E-state index contributed by atoms with van der Waals surface area (Å²) in [6, 6.07) is -0.134. The minimum atomic E-state index is -0.566. The molecule has 1 aliphatic heterocycles. The molecule has 15 heavy (non-hydrogen) atoms. The normalized spacial score (nSPS) is 19.5. The van der Waals surface area contributed by atoms with Crippen LogP contribution in [0, 0.1) is 11.8 Å². The van der Waals surface area contributed by atoms with Crippen LogP contribution in [-0.4, -0.2) is 29.5 Å². The highest BCUT2D eigenvalue weighted by Gasteiger charge is 2.36. The Balaban J connectivity index is 2.66. The molecule has 0 radical (unpaired) electrons. The molecule has 0 aromatic rings. The van der Waals surface area contributed by atoms with E-state index < -0.39 is 12.0 Å². The van der Waals surface area contributed by atoms with Gasteiger partial charge in [0.15, 0.2) is 0 Å². The van der Waals surface area contributed by atoms with Crippen molar-refractivity contribution in [2.24, 2.45) is 0 Å². The van der Waals surface area contributed by atoms with Gasteiger partial charge in [0.25, 0.3) is 0 Å². The molecule has 1 atom stereocenters. The van der Waals surface area contributed by atoms with Crippen molar-refractivity contribution in [3.05, 3.63) is 0 Å². The van der Waals surface area contributed by atoms with Crippen molar-refractivity contribution in [2.45, 2.75) is 39.2 Å². The number of amides is 2. The van der Waals surface area contributed by atoms with E-state index in [0.717, 1.165) is 24.2 Å². The second kappa shape index (κ2) is 5.40. The summed E-state index contributed by atoms with van der Waals surface area (Å²) in [6.45, 7) is 3.94. The quantitative estimate of drug-likeness (QED) is 0.662. The summed E-state index contributed by atoms with van der Waals surface area (Å²) in [4.78, 5) is 23.9. The first-order chi connectivity index (χ1) is 7.20. The number of ether oxygens (including phenoxy) is 1. The SMILES string of the molecule is CC#CC(=O)N1C(=O)OC[C@@H]1CCCC. The molecule has 1 heterocycles. The van der Waals surface area contributed by atoms with Crippen molar-refractivity contribution in [3.63, 3.8) is 0 Å². The second-order valence-corrected chi connectivity index (χ2v) is 3.42. The summed E-state index contributed by atoms with van der Waals surface area (Å²) in [6.07, 6.45) is 2.24. The third kappa shape index (κ3) is 2.72. The maximum atomic E-state index is 11.5. The second-order valence-electron chi connectivity index (χ2n) is 3.42. The highest BCUT2D eigenvalue weighted by Crippen LogP contribution is 2.17. The number of cyclic esters (lactones) is 1. The lowest BCUT2D eigenvalue weighted by atomic mass is 10.1. The van der Waals surface area contributed by atoms with Gasteiger partial charge in [0.2, 0.25) is 0 Å². The zero-order chi connectivity index (χ0) is 11.3. The van der Waals surface area contributed by atoms with Gasteiger partial charge in [-0.1, -0.05) is 25.7 Å². The molecule has 0 saturated carbocycles. The fourth-order valence-corrected chi connectivity index (χ4v) is 1.53. The first kappa shape index (κ1) is 11.6. The van der Waals surface area contributed by atoms with E-state index >= 15 is 0 Å². The van der Waals surface area contributed by atoms with Crippen molar-refractivity contribution in [1.29, 1.82) is 0 Å². The number of imide groups is 1. The number of carbonyl (C=O) groups is 2. The van der Waals surface area contributed by atoms with Gasteiger partial charge in [-0.25, -0.2) is 9.69 Å². The molecule has 0 bridgehead atoms. The van der Waals surface area contributed by atoms with Crippen LogP contribution >= 0.6 is 0 Å². The topological polar surface area (TPSA) is 46.6 Å². The van der Waals surface area contributed by atoms with Gasteiger partial charge in [0, 0.05) is 0 Å². The van der Waals surface area contributed by atoms with E-state index in [2.05, 4.69) is 18.8 Å². The molecule has 1 saturated heterocycles. The fraction of sp³-hybridized carbons (Fsp3) is 0.636. The standard InChI is InChI=1S/C11H15NO3/c1-3-5-7-9-8-15-11(14)12(9)10(13)6-4-2/h9H,3,5,7-8H2,1-2H3/t9-/m0/s1. The van der Waals surface area contributed by atoms with Gasteiger partial charge >= 0.3 is 12.0 Å². The minimum absolute atomic E-state index is 0.134. The maximum absolute atomic E-state index is 11.5. The predicted octanol–water partition coefficient (Wildman–Crippen LogP) is 1.55. The molecular formula is C11H15NO3. The van der Waals surface area contributed by atoms with E-state index in [9.17, 15) is 9.59 Å². The van der Waals surface area contributed by atoms with Crippen LogP contribution in [0.3, 0.4) is 0 Å². The van der Waals surface area contributed by atoms with E-state index in [1.807, 2.05) is 0 Å². The third-order valence-electron chi connectivity index (χ3n) is 2.30. The van der Waals surface area contributed by atoms with Crippen molar-refractivity contribution >= 4 is 12.0 Å². The molecule has 4 nitrogen and oxygen atoms in total. The lowest BCUT2D eigenvalue weighted by molar-refractivity contribution is -0.123. The van der Waals surface area contributed by atoms with E-state index in [4.69, 9.17) is 4.74 Å². The monoisotopic (exact) mass is 209 g/mol. The van der Waals surface area contributed by atoms with Crippen LogP contribution in [-0.2, 0) is 9.53 Å². The smallest absolute Gasteiger partial charge is 0.417 e. The number of unbranched alkanes of at least 4 members (excludes halogenated alkanes) is 1. The Morgan fingerprint density at radius 3 is 3.00 bits per heavy atom. The molecule has 4 heteroatoms. The molecule has 2 amide bonds. The Morgan fingerprint density at radius 2 is 2.40 bits per heavy atom. The van der Waals surface area contributed by atoms with Crippen LogP contribution in [0.25, 0.3) is 0 Å². The summed E-state index contributed by atoms with van der Waals surface area (Å²) in [5.41, 5.74) is 0.